The number of hydrogen-bond donors (Lipinski definition) is 1. The van der Waals surface area contributed by atoms with Gasteiger partial charge >= 0.3 is 0 Å². The van der Waals surface area contributed by atoms with E-state index in [1.807, 2.05) is 30.1 Å². The van der Waals surface area contributed by atoms with Crippen LogP contribution in [0.2, 0.25) is 0 Å². The first kappa shape index (κ1) is 19.9. The summed E-state index contributed by atoms with van der Waals surface area (Å²) >= 11 is 0. The van der Waals surface area contributed by atoms with Gasteiger partial charge in [-0.15, -0.1) is 12.4 Å². The summed E-state index contributed by atoms with van der Waals surface area (Å²) in [5.74, 6) is 0.191. The Morgan fingerprint density at radius 2 is 1.91 bits per heavy atom. The molecule has 1 amide bonds. The molecule has 1 fully saturated rings. The van der Waals surface area contributed by atoms with Crippen LogP contribution in [0.4, 0.5) is 0 Å². The lowest BCUT2D eigenvalue weighted by atomic mass is 10.1. The van der Waals surface area contributed by atoms with Crippen molar-refractivity contribution >= 4 is 18.3 Å². The summed E-state index contributed by atoms with van der Waals surface area (Å²) in [5, 5.41) is 3.43. The molecule has 1 aliphatic rings. The van der Waals surface area contributed by atoms with Gasteiger partial charge in [0, 0.05) is 13.1 Å². The van der Waals surface area contributed by atoms with Gasteiger partial charge in [0.15, 0.2) is 0 Å². The number of hydrogen-bond acceptors (Lipinski definition) is 3. The molecule has 0 saturated carbocycles. The summed E-state index contributed by atoms with van der Waals surface area (Å²) in [6, 6.07) is 10.8. The maximum Gasteiger partial charge on any atom is 0.236 e. The van der Waals surface area contributed by atoms with Crippen LogP contribution >= 0.6 is 12.4 Å². The molecule has 1 aromatic rings. The van der Waals surface area contributed by atoms with Crippen LogP contribution in [0, 0.1) is 0 Å². The van der Waals surface area contributed by atoms with Crippen molar-refractivity contribution in [2.45, 2.75) is 38.3 Å². The molecule has 1 aromatic carbocycles. The molecule has 5 heteroatoms. The summed E-state index contributed by atoms with van der Waals surface area (Å²) < 4.78 is 0. The molecule has 23 heavy (non-hydrogen) atoms. The van der Waals surface area contributed by atoms with E-state index in [2.05, 4.69) is 36.3 Å². The van der Waals surface area contributed by atoms with E-state index < -0.39 is 0 Å². The highest BCUT2D eigenvalue weighted by atomic mass is 35.5. The molecule has 1 N–H and O–H groups in total. The number of amides is 1. The number of benzene rings is 1. The summed E-state index contributed by atoms with van der Waals surface area (Å²) in [4.78, 5) is 16.7. The highest BCUT2D eigenvalue weighted by molar-refractivity contribution is 5.85. The largest absolute Gasteiger partial charge is 0.338 e. The van der Waals surface area contributed by atoms with Crippen molar-refractivity contribution < 1.29 is 4.79 Å². The quantitative estimate of drug-likeness (QED) is 0.896. The first-order valence-corrected chi connectivity index (χ1v) is 8.31. The average molecular weight is 340 g/mol. The number of halogens is 1. The van der Waals surface area contributed by atoms with Crippen LogP contribution in [0.25, 0.3) is 0 Å². The third-order valence-corrected chi connectivity index (χ3v) is 4.81. The summed E-state index contributed by atoms with van der Waals surface area (Å²) in [5.41, 5.74) is 1.18. The Labute approximate surface area is 146 Å². The van der Waals surface area contributed by atoms with Gasteiger partial charge in [-0.3, -0.25) is 9.69 Å². The molecular formula is C18H30ClN3O. The second kappa shape index (κ2) is 9.91. The Balaban J connectivity index is 0.00000264. The van der Waals surface area contributed by atoms with Crippen molar-refractivity contribution in [2.75, 3.05) is 33.7 Å². The first-order chi connectivity index (χ1) is 10.6. The number of carbonyl (C=O) groups excluding carboxylic acids is 1. The van der Waals surface area contributed by atoms with E-state index >= 15 is 0 Å². The summed E-state index contributed by atoms with van der Waals surface area (Å²) in [7, 11) is 3.98. The third-order valence-electron chi connectivity index (χ3n) is 4.81. The molecular weight excluding hydrogens is 310 g/mol. The van der Waals surface area contributed by atoms with Crippen molar-refractivity contribution in [1.29, 1.82) is 0 Å². The molecule has 1 aliphatic heterocycles. The minimum absolute atomic E-state index is 0. The van der Waals surface area contributed by atoms with E-state index in [4.69, 9.17) is 0 Å². The summed E-state index contributed by atoms with van der Waals surface area (Å²) in [6.07, 6.45) is 3.50. The highest BCUT2D eigenvalue weighted by Gasteiger charge is 2.22. The molecule has 0 spiro atoms. The third kappa shape index (κ3) is 5.79. The standard InChI is InChI=1S/C18H29N3O.ClH/c1-15(16-8-5-4-6-9-16)21(3)18(22)14-20(2)17-10-7-12-19-13-11-17;/h4-6,8-9,15,17,19H,7,10-14H2,1-3H3;1H. The van der Waals surface area contributed by atoms with E-state index in [9.17, 15) is 4.79 Å². The van der Waals surface area contributed by atoms with Crippen molar-refractivity contribution in [1.82, 2.24) is 15.1 Å². The number of rotatable bonds is 5. The normalized spacial score (nSPS) is 19.6. The van der Waals surface area contributed by atoms with E-state index in [1.54, 1.807) is 0 Å². The molecule has 1 saturated heterocycles. The Morgan fingerprint density at radius 3 is 2.61 bits per heavy atom. The Kier molecular flexibility index (Phi) is 8.59. The fourth-order valence-corrected chi connectivity index (χ4v) is 3.07. The Bertz CT molecular complexity index is 461. The minimum atomic E-state index is 0. The number of nitrogens with one attached hydrogen (secondary N) is 1. The lowest BCUT2D eigenvalue weighted by Crippen LogP contribution is -2.42. The maximum atomic E-state index is 12.6. The highest BCUT2D eigenvalue weighted by Crippen LogP contribution is 2.19. The van der Waals surface area contributed by atoms with Crippen LogP contribution < -0.4 is 5.32 Å². The van der Waals surface area contributed by atoms with Gasteiger partial charge in [-0.05, 0) is 51.9 Å². The van der Waals surface area contributed by atoms with Crippen LogP contribution in [0.15, 0.2) is 30.3 Å². The smallest absolute Gasteiger partial charge is 0.236 e. The molecule has 1 heterocycles. The van der Waals surface area contributed by atoms with Gasteiger partial charge in [0.05, 0.1) is 12.6 Å². The van der Waals surface area contributed by atoms with Gasteiger partial charge in [0.25, 0.3) is 0 Å². The van der Waals surface area contributed by atoms with Gasteiger partial charge in [0.1, 0.15) is 0 Å². The average Bonchev–Trinajstić information content (AvgIpc) is 2.83. The zero-order valence-corrected chi connectivity index (χ0v) is 15.3. The van der Waals surface area contributed by atoms with E-state index in [0.29, 0.717) is 12.6 Å². The fourth-order valence-electron chi connectivity index (χ4n) is 3.07. The van der Waals surface area contributed by atoms with Gasteiger partial charge in [-0.1, -0.05) is 30.3 Å². The van der Waals surface area contributed by atoms with Gasteiger partial charge in [-0.2, -0.15) is 0 Å². The SMILES string of the molecule is CC(c1ccccc1)N(C)C(=O)CN(C)C1CCCNCC1.Cl. The van der Waals surface area contributed by atoms with E-state index in [0.717, 1.165) is 19.5 Å². The molecule has 4 nitrogen and oxygen atoms in total. The minimum Gasteiger partial charge on any atom is -0.338 e. The predicted octanol–water partition coefficient (Wildman–Crippen LogP) is 2.70. The molecule has 2 atom stereocenters. The molecule has 0 aliphatic carbocycles. The second-order valence-electron chi connectivity index (χ2n) is 6.34. The van der Waals surface area contributed by atoms with Crippen molar-refractivity contribution in [2.24, 2.45) is 0 Å². The number of carbonyl (C=O) groups is 1. The molecule has 130 valence electrons. The van der Waals surface area contributed by atoms with Crippen LogP contribution in [-0.4, -0.2) is 55.5 Å². The van der Waals surface area contributed by atoms with Crippen molar-refractivity contribution in [3.8, 4) is 0 Å². The first-order valence-electron chi connectivity index (χ1n) is 8.31. The summed E-state index contributed by atoms with van der Waals surface area (Å²) in [6.45, 7) is 4.74. The van der Waals surface area contributed by atoms with Crippen LogP contribution in [0.1, 0.15) is 37.8 Å². The second-order valence-corrected chi connectivity index (χ2v) is 6.34. The fraction of sp³-hybridized carbons (Fsp3) is 0.611. The molecule has 0 bridgehead atoms. The lowest BCUT2D eigenvalue weighted by Gasteiger charge is -2.31. The zero-order chi connectivity index (χ0) is 15.9. The zero-order valence-electron chi connectivity index (χ0n) is 14.5. The van der Waals surface area contributed by atoms with Gasteiger partial charge in [-0.25, -0.2) is 0 Å². The van der Waals surface area contributed by atoms with Crippen LogP contribution in [-0.2, 0) is 4.79 Å². The van der Waals surface area contributed by atoms with Gasteiger partial charge < -0.3 is 10.2 Å². The van der Waals surface area contributed by atoms with Crippen molar-refractivity contribution in [3.63, 3.8) is 0 Å². The Hall–Kier alpha value is -1.10. The molecule has 0 aromatic heterocycles. The monoisotopic (exact) mass is 339 g/mol. The van der Waals surface area contributed by atoms with E-state index in [1.165, 1.54) is 18.4 Å². The molecule has 2 rings (SSSR count). The van der Waals surface area contributed by atoms with Crippen LogP contribution in [0.3, 0.4) is 0 Å². The number of likely N-dealkylation sites (N-methyl/N-ethyl adjacent to an activating group) is 2. The Morgan fingerprint density at radius 1 is 1.22 bits per heavy atom. The van der Waals surface area contributed by atoms with Crippen molar-refractivity contribution in [3.05, 3.63) is 35.9 Å². The topological polar surface area (TPSA) is 35.6 Å². The van der Waals surface area contributed by atoms with Crippen LogP contribution in [0.5, 0.6) is 0 Å². The van der Waals surface area contributed by atoms with Gasteiger partial charge in [0.2, 0.25) is 5.91 Å². The maximum absolute atomic E-state index is 12.6. The number of nitrogens with zero attached hydrogens (tertiary/aromatic N) is 2. The predicted molar refractivity (Wildman–Crippen MR) is 98.0 cm³/mol. The molecule has 2 unspecified atom stereocenters. The lowest BCUT2D eigenvalue weighted by molar-refractivity contribution is -0.133. The molecule has 0 radical (unpaired) electrons. The van der Waals surface area contributed by atoms with E-state index in [-0.39, 0.29) is 24.4 Å².